The van der Waals surface area contributed by atoms with Gasteiger partial charge in [0, 0.05) is 25.5 Å². The molecule has 82 valence electrons. The van der Waals surface area contributed by atoms with E-state index < -0.39 is 6.16 Å². The first-order valence-corrected chi connectivity index (χ1v) is 4.26. The molecule has 0 radical (unpaired) electrons. The van der Waals surface area contributed by atoms with E-state index >= 15 is 0 Å². The SMILES string of the molecule is CC1=C(C)N(C)CN1C.COC(=O)O. The highest BCUT2D eigenvalue weighted by atomic mass is 16.6. The molecule has 1 aliphatic rings. The Morgan fingerprint density at radius 1 is 1.29 bits per heavy atom. The third kappa shape index (κ3) is 3.55. The Labute approximate surface area is 84.6 Å². The third-order valence-electron chi connectivity index (χ3n) is 2.27. The zero-order chi connectivity index (χ0) is 11.3. The molecule has 0 aliphatic carbocycles. The molecule has 1 N–H and O–H groups in total. The van der Waals surface area contributed by atoms with Crippen molar-refractivity contribution < 1.29 is 14.6 Å². The van der Waals surface area contributed by atoms with Crippen molar-refractivity contribution in [3.63, 3.8) is 0 Å². The molecule has 0 spiro atoms. The van der Waals surface area contributed by atoms with Crippen molar-refractivity contribution in [2.24, 2.45) is 0 Å². The zero-order valence-corrected chi connectivity index (χ0v) is 9.37. The Balaban J connectivity index is 0.000000292. The van der Waals surface area contributed by atoms with Crippen LogP contribution in [0.4, 0.5) is 4.79 Å². The maximum absolute atomic E-state index is 9.15. The van der Waals surface area contributed by atoms with Gasteiger partial charge in [0.25, 0.3) is 0 Å². The van der Waals surface area contributed by atoms with Gasteiger partial charge in [0.2, 0.25) is 0 Å². The molecular weight excluding hydrogens is 184 g/mol. The summed E-state index contributed by atoms with van der Waals surface area (Å²) in [4.78, 5) is 13.6. The molecule has 1 aliphatic heterocycles. The number of ether oxygens (including phenoxy) is 1. The fourth-order valence-corrected chi connectivity index (χ4v) is 1.08. The van der Waals surface area contributed by atoms with E-state index in [0.29, 0.717) is 0 Å². The topological polar surface area (TPSA) is 53.0 Å². The normalized spacial score (nSPS) is 15.2. The van der Waals surface area contributed by atoms with Crippen LogP contribution in [0.3, 0.4) is 0 Å². The zero-order valence-electron chi connectivity index (χ0n) is 9.37. The van der Waals surface area contributed by atoms with E-state index in [1.54, 1.807) is 0 Å². The molecule has 1 heterocycles. The van der Waals surface area contributed by atoms with Crippen LogP contribution >= 0.6 is 0 Å². The number of carboxylic acid groups (broad SMARTS) is 1. The standard InChI is InChI=1S/C7H14N2.C2H4O3/c1-6-7(2)9(4)5-8(6)3;1-5-2(3)4/h5H2,1-4H3;1H3,(H,3,4). The lowest BCUT2D eigenvalue weighted by Crippen LogP contribution is -2.20. The first kappa shape index (κ1) is 12.6. The number of nitrogens with zero attached hydrogens (tertiary/aromatic N) is 2. The molecule has 0 bridgehead atoms. The van der Waals surface area contributed by atoms with Gasteiger partial charge in [-0.2, -0.15) is 0 Å². The average Bonchev–Trinajstić information content (AvgIpc) is 2.34. The van der Waals surface area contributed by atoms with Gasteiger partial charge in [0.1, 0.15) is 0 Å². The van der Waals surface area contributed by atoms with Crippen molar-refractivity contribution in [3.8, 4) is 0 Å². The second-order valence-electron chi connectivity index (χ2n) is 3.18. The predicted octanol–water partition coefficient (Wildman–Crippen LogP) is 1.38. The van der Waals surface area contributed by atoms with Gasteiger partial charge >= 0.3 is 6.16 Å². The highest BCUT2D eigenvalue weighted by Gasteiger charge is 2.15. The number of allylic oxidation sites excluding steroid dienone is 2. The summed E-state index contributed by atoms with van der Waals surface area (Å²) in [7, 11) is 5.33. The van der Waals surface area contributed by atoms with Gasteiger partial charge in [-0.1, -0.05) is 0 Å². The minimum Gasteiger partial charge on any atom is -0.450 e. The molecule has 14 heavy (non-hydrogen) atoms. The van der Waals surface area contributed by atoms with Crippen LogP contribution in [0.15, 0.2) is 11.4 Å². The summed E-state index contributed by atoms with van der Waals surface area (Å²) in [5, 5.41) is 7.50. The molecule has 0 aromatic rings. The van der Waals surface area contributed by atoms with Gasteiger partial charge < -0.3 is 19.6 Å². The summed E-state index contributed by atoms with van der Waals surface area (Å²) in [6, 6.07) is 0. The molecule has 0 aromatic heterocycles. The maximum Gasteiger partial charge on any atom is 0.505 e. The summed E-state index contributed by atoms with van der Waals surface area (Å²) in [6.07, 6.45) is -1.25. The van der Waals surface area contributed by atoms with Gasteiger partial charge in [0.05, 0.1) is 13.8 Å². The molecule has 0 atom stereocenters. The number of hydrogen-bond donors (Lipinski definition) is 1. The molecule has 5 nitrogen and oxygen atoms in total. The second kappa shape index (κ2) is 5.36. The van der Waals surface area contributed by atoms with Gasteiger partial charge in [-0.25, -0.2) is 4.79 Å². The van der Waals surface area contributed by atoms with E-state index in [4.69, 9.17) is 9.90 Å². The van der Waals surface area contributed by atoms with Crippen LogP contribution in [-0.4, -0.2) is 48.9 Å². The molecule has 0 saturated heterocycles. The first-order valence-electron chi connectivity index (χ1n) is 4.26. The predicted molar refractivity (Wildman–Crippen MR) is 53.8 cm³/mol. The first-order chi connectivity index (χ1) is 6.40. The summed E-state index contributed by atoms with van der Waals surface area (Å²) in [5.41, 5.74) is 2.77. The summed E-state index contributed by atoms with van der Waals surface area (Å²) in [5.74, 6) is 0. The van der Waals surface area contributed by atoms with E-state index in [1.165, 1.54) is 11.4 Å². The highest BCUT2D eigenvalue weighted by Crippen LogP contribution is 2.18. The van der Waals surface area contributed by atoms with Crippen LogP contribution in [0.1, 0.15) is 13.8 Å². The molecule has 1 rings (SSSR count). The molecule has 0 saturated carbocycles. The van der Waals surface area contributed by atoms with Crippen LogP contribution in [-0.2, 0) is 4.74 Å². The average molecular weight is 202 g/mol. The molecule has 5 heteroatoms. The van der Waals surface area contributed by atoms with E-state index in [1.807, 2.05) is 0 Å². The van der Waals surface area contributed by atoms with E-state index in [-0.39, 0.29) is 0 Å². The highest BCUT2D eigenvalue weighted by molar-refractivity contribution is 5.56. The van der Waals surface area contributed by atoms with Gasteiger partial charge in [-0.15, -0.1) is 0 Å². The maximum atomic E-state index is 9.15. The smallest absolute Gasteiger partial charge is 0.450 e. The van der Waals surface area contributed by atoms with Gasteiger partial charge in [-0.05, 0) is 13.8 Å². The summed E-state index contributed by atoms with van der Waals surface area (Å²) < 4.78 is 3.67. The summed E-state index contributed by atoms with van der Waals surface area (Å²) >= 11 is 0. The van der Waals surface area contributed by atoms with Crippen LogP contribution in [0, 0.1) is 0 Å². The van der Waals surface area contributed by atoms with Crippen molar-refractivity contribution in [2.75, 3.05) is 27.9 Å². The monoisotopic (exact) mass is 202 g/mol. The van der Waals surface area contributed by atoms with Crippen molar-refractivity contribution in [2.45, 2.75) is 13.8 Å². The van der Waals surface area contributed by atoms with Crippen LogP contribution in [0.25, 0.3) is 0 Å². The van der Waals surface area contributed by atoms with Crippen molar-refractivity contribution in [3.05, 3.63) is 11.4 Å². The lowest BCUT2D eigenvalue weighted by atomic mass is 10.4. The quantitative estimate of drug-likeness (QED) is 0.601. The Bertz CT molecular complexity index is 222. The number of carbonyl (C=O) groups is 1. The number of hydrogen-bond acceptors (Lipinski definition) is 4. The van der Waals surface area contributed by atoms with Crippen molar-refractivity contribution >= 4 is 6.16 Å². The van der Waals surface area contributed by atoms with Gasteiger partial charge in [-0.3, -0.25) is 0 Å². The minimum atomic E-state index is -1.25. The molecule has 0 unspecified atom stereocenters. The van der Waals surface area contributed by atoms with Crippen LogP contribution in [0.2, 0.25) is 0 Å². The Morgan fingerprint density at radius 2 is 1.57 bits per heavy atom. The molecule has 0 fully saturated rings. The fourth-order valence-electron chi connectivity index (χ4n) is 1.08. The van der Waals surface area contributed by atoms with E-state index in [0.717, 1.165) is 13.8 Å². The third-order valence-corrected chi connectivity index (χ3v) is 2.27. The second-order valence-corrected chi connectivity index (χ2v) is 3.18. The Morgan fingerprint density at radius 3 is 1.64 bits per heavy atom. The van der Waals surface area contributed by atoms with E-state index in [2.05, 4.69) is 42.5 Å². The summed E-state index contributed by atoms with van der Waals surface area (Å²) in [6.45, 7) is 5.34. The largest absolute Gasteiger partial charge is 0.505 e. The Kier molecular flexibility index (Phi) is 4.83. The van der Waals surface area contributed by atoms with Crippen molar-refractivity contribution in [1.29, 1.82) is 0 Å². The van der Waals surface area contributed by atoms with Crippen LogP contribution < -0.4 is 0 Å². The van der Waals surface area contributed by atoms with Crippen LogP contribution in [0.5, 0.6) is 0 Å². The molecular formula is C9H18N2O3. The molecule has 0 aromatic carbocycles. The number of rotatable bonds is 0. The van der Waals surface area contributed by atoms with E-state index in [9.17, 15) is 0 Å². The van der Waals surface area contributed by atoms with Gasteiger partial charge in [0.15, 0.2) is 0 Å². The molecule has 0 amide bonds. The fraction of sp³-hybridized carbons (Fsp3) is 0.667. The van der Waals surface area contributed by atoms with Crippen molar-refractivity contribution in [1.82, 2.24) is 9.80 Å². The lowest BCUT2D eigenvalue weighted by Gasteiger charge is -2.14. The number of methoxy groups -OCH3 is 1. The lowest BCUT2D eigenvalue weighted by molar-refractivity contribution is 0.114. The Hall–Kier alpha value is -1.39. The minimum absolute atomic E-state index is 1.04.